The van der Waals surface area contributed by atoms with E-state index in [9.17, 15) is 14.9 Å². The molecule has 26 heavy (non-hydrogen) atoms. The van der Waals surface area contributed by atoms with Gasteiger partial charge in [-0.05, 0) is 12.5 Å². The van der Waals surface area contributed by atoms with Gasteiger partial charge in [0.15, 0.2) is 5.16 Å². The highest BCUT2D eigenvalue weighted by molar-refractivity contribution is 8.00. The zero-order valence-corrected chi connectivity index (χ0v) is 14.7. The van der Waals surface area contributed by atoms with E-state index in [1.54, 1.807) is 0 Å². The molecule has 0 spiro atoms. The molecular weight excluding hydrogens is 346 g/mol. The first-order valence-electron chi connectivity index (χ1n) is 8.00. The number of carbonyl (C=O) groups is 1. The second kappa shape index (κ2) is 6.28. The molecular formula is C20H13N3O2S. The summed E-state index contributed by atoms with van der Waals surface area (Å²) in [7, 11) is 0. The van der Waals surface area contributed by atoms with Crippen LogP contribution in [0.2, 0.25) is 0 Å². The van der Waals surface area contributed by atoms with E-state index >= 15 is 0 Å². The fraction of sp³-hybridized carbons (Fsp3) is 0.100. The lowest BCUT2D eigenvalue weighted by molar-refractivity contribution is 0.0903. The number of aromatic nitrogens is 2. The second-order valence-corrected chi connectivity index (χ2v) is 7.06. The third-order valence-corrected chi connectivity index (χ3v) is 5.45. The molecule has 0 amide bonds. The molecule has 0 aliphatic carbocycles. The average molecular weight is 359 g/mol. The summed E-state index contributed by atoms with van der Waals surface area (Å²) in [5.74, 6) is -0.361. The van der Waals surface area contributed by atoms with Crippen molar-refractivity contribution in [2.45, 2.75) is 17.3 Å². The predicted octanol–water partition coefficient (Wildman–Crippen LogP) is 3.58. The third-order valence-electron chi connectivity index (χ3n) is 4.26. The second-order valence-electron chi connectivity index (χ2n) is 5.98. The number of hydrogen-bond acceptors (Lipinski definition) is 5. The summed E-state index contributed by atoms with van der Waals surface area (Å²) in [4.78, 5) is 30.1. The van der Waals surface area contributed by atoms with Crippen LogP contribution in [0.15, 0.2) is 64.5 Å². The highest BCUT2D eigenvalue weighted by atomic mass is 32.2. The Morgan fingerprint density at radius 2 is 1.77 bits per heavy atom. The van der Waals surface area contributed by atoms with Gasteiger partial charge in [-0.2, -0.15) is 5.26 Å². The predicted molar refractivity (Wildman–Crippen MR) is 99.1 cm³/mol. The van der Waals surface area contributed by atoms with Crippen molar-refractivity contribution in [3.63, 3.8) is 0 Å². The summed E-state index contributed by atoms with van der Waals surface area (Å²) in [6, 6.07) is 18.6. The van der Waals surface area contributed by atoms with Crippen LogP contribution >= 0.6 is 11.8 Å². The average Bonchev–Trinajstić information content (AvgIpc) is 3.00. The number of carbonyl (C=O) groups excluding carboxylic acids is 1. The number of hydrogen-bond donors (Lipinski definition) is 0. The molecule has 1 unspecified atom stereocenters. The van der Waals surface area contributed by atoms with Crippen LogP contribution in [0.4, 0.5) is 0 Å². The molecule has 4 rings (SSSR count). The lowest BCUT2D eigenvalue weighted by Crippen LogP contribution is -2.29. The standard InChI is InChI=1S/C20H13N3O2S/c1-12-7-9-13(10-8-12)16-15(11-21)18(24)23-19(25)17(26-20(23)22-16)14-5-3-2-4-6-14/h2-10,17H,1H3. The van der Waals surface area contributed by atoms with Gasteiger partial charge in [0.25, 0.3) is 11.5 Å². The lowest BCUT2D eigenvalue weighted by Gasteiger charge is -2.07. The molecule has 0 saturated heterocycles. The third kappa shape index (κ3) is 2.54. The fourth-order valence-electron chi connectivity index (χ4n) is 2.91. The number of nitriles is 1. The fourth-order valence-corrected chi connectivity index (χ4v) is 4.04. The Bertz CT molecular complexity index is 1110. The van der Waals surface area contributed by atoms with E-state index in [0.717, 1.165) is 15.7 Å². The van der Waals surface area contributed by atoms with Gasteiger partial charge in [0, 0.05) is 5.56 Å². The van der Waals surface area contributed by atoms with Gasteiger partial charge in [0.1, 0.15) is 16.9 Å². The molecule has 2 heterocycles. The van der Waals surface area contributed by atoms with Gasteiger partial charge >= 0.3 is 0 Å². The number of fused-ring (bicyclic) bond motifs is 1. The van der Waals surface area contributed by atoms with Gasteiger partial charge in [-0.1, -0.05) is 71.9 Å². The minimum atomic E-state index is -0.607. The first-order chi connectivity index (χ1) is 12.6. The zero-order valence-electron chi connectivity index (χ0n) is 13.8. The van der Waals surface area contributed by atoms with Crippen LogP contribution in [0.3, 0.4) is 0 Å². The van der Waals surface area contributed by atoms with Gasteiger partial charge in [0.05, 0.1) is 5.69 Å². The molecule has 5 nitrogen and oxygen atoms in total. The van der Waals surface area contributed by atoms with Crippen LogP contribution < -0.4 is 5.56 Å². The molecule has 1 aromatic heterocycles. The van der Waals surface area contributed by atoms with Crippen LogP contribution in [0.25, 0.3) is 11.3 Å². The highest BCUT2D eigenvalue weighted by Gasteiger charge is 2.36. The Morgan fingerprint density at radius 1 is 1.08 bits per heavy atom. The molecule has 0 fully saturated rings. The minimum Gasteiger partial charge on any atom is -0.272 e. The van der Waals surface area contributed by atoms with E-state index in [4.69, 9.17) is 0 Å². The van der Waals surface area contributed by atoms with Crippen molar-refractivity contribution >= 4 is 17.7 Å². The van der Waals surface area contributed by atoms with Crippen LogP contribution in [0.5, 0.6) is 0 Å². The molecule has 0 bridgehead atoms. The maximum atomic E-state index is 12.8. The number of aryl methyl sites for hydroxylation is 1. The number of thioether (sulfide) groups is 1. The van der Waals surface area contributed by atoms with Gasteiger partial charge in [-0.3, -0.25) is 9.59 Å². The van der Waals surface area contributed by atoms with Crippen LogP contribution in [0.1, 0.15) is 26.7 Å². The van der Waals surface area contributed by atoms with Crippen molar-refractivity contribution in [2.24, 2.45) is 0 Å². The van der Waals surface area contributed by atoms with Crippen molar-refractivity contribution < 1.29 is 4.79 Å². The molecule has 2 aromatic carbocycles. The highest BCUT2D eigenvalue weighted by Crippen LogP contribution is 2.41. The summed E-state index contributed by atoms with van der Waals surface area (Å²) in [5.41, 5.74) is 2.16. The van der Waals surface area contributed by atoms with E-state index in [1.165, 1.54) is 11.8 Å². The van der Waals surface area contributed by atoms with Gasteiger partial charge in [0.2, 0.25) is 0 Å². The maximum absolute atomic E-state index is 12.8. The van der Waals surface area contributed by atoms with Gasteiger partial charge in [-0.25, -0.2) is 9.55 Å². The molecule has 0 N–H and O–H groups in total. The molecule has 0 saturated carbocycles. The van der Waals surface area contributed by atoms with Crippen molar-refractivity contribution in [2.75, 3.05) is 0 Å². The quantitative estimate of drug-likeness (QED) is 0.654. The Labute approximate surface area is 153 Å². The SMILES string of the molecule is Cc1ccc(-c2nc3n(c(=O)c2C#N)C(=O)C(c2ccccc2)S3)cc1. The van der Waals surface area contributed by atoms with Crippen LogP contribution in [-0.4, -0.2) is 15.5 Å². The summed E-state index contributed by atoms with van der Waals surface area (Å²) in [6.07, 6.45) is 0. The number of benzene rings is 2. The first kappa shape index (κ1) is 16.3. The summed E-state index contributed by atoms with van der Waals surface area (Å²) < 4.78 is 1.03. The topological polar surface area (TPSA) is 75.8 Å². The van der Waals surface area contributed by atoms with Crippen molar-refractivity contribution in [1.29, 1.82) is 5.26 Å². The smallest absolute Gasteiger partial charge is 0.272 e. The minimum absolute atomic E-state index is 0.111. The van der Waals surface area contributed by atoms with Gasteiger partial charge < -0.3 is 0 Å². The maximum Gasteiger partial charge on any atom is 0.279 e. The monoisotopic (exact) mass is 359 g/mol. The molecule has 0 radical (unpaired) electrons. The summed E-state index contributed by atoms with van der Waals surface area (Å²) in [5, 5.41) is 9.29. The molecule has 126 valence electrons. The summed E-state index contributed by atoms with van der Waals surface area (Å²) in [6.45, 7) is 1.96. The lowest BCUT2D eigenvalue weighted by atomic mass is 10.1. The number of rotatable bonds is 2. The molecule has 6 heteroatoms. The molecule has 1 atom stereocenters. The molecule has 3 aromatic rings. The van der Waals surface area contributed by atoms with Crippen LogP contribution in [-0.2, 0) is 0 Å². The van der Waals surface area contributed by atoms with Crippen molar-refractivity contribution in [1.82, 2.24) is 9.55 Å². The Hall–Kier alpha value is -3.17. The number of nitrogens with zero attached hydrogens (tertiary/aromatic N) is 3. The van der Waals surface area contributed by atoms with E-state index in [2.05, 4.69) is 4.98 Å². The van der Waals surface area contributed by atoms with E-state index in [1.807, 2.05) is 67.6 Å². The van der Waals surface area contributed by atoms with Crippen molar-refractivity contribution in [3.05, 3.63) is 81.6 Å². The largest absolute Gasteiger partial charge is 0.279 e. The van der Waals surface area contributed by atoms with E-state index in [-0.39, 0.29) is 11.5 Å². The van der Waals surface area contributed by atoms with E-state index < -0.39 is 10.8 Å². The molecule has 1 aliphatic rings. The Balaban J connectivity index is 1.88. The zero-order chi connectivity index (χ0) is 18.3. The normalized spacial score (nSPS) is 15.5. The molecule has 1 aliphatic heterocycles. The van der Waals surface area contributed by atoms with Gasteiger partial charge in [-0.15, -0.1) is 0 Å². The van der Waals surface area contributed by atoms with Crippen LogP contribution in [0, 0.1) is 18.3 Å². The van der Waals surface area contributed by atoms with Crippen molar-refractivity contribution in [3.8, 4) is 17.3 Å². The Kier molecular flexibility index (Phi) is 3.94. The Morgan fingerprint density at radius 3 is 2.42 bits per heavy atom. The summed E-state index contributed by atoms with van der Waals surface area (Å²) >= 11 is 1.24. The first-order valence-corrected chi connectivity index (χ1v) is 8.88. The van der Waals surface area contributed by atoms with E-state index in [0.29, 0.717) is 16.4 Å².